The van der Waals surface area contributed by atoms with Crippen LogP contribution in [0.1, 0.15) is 18.4 Å². The summed E-state index contributed by atoms with van der Waals surface area (Å²) >= 11 is 9.37. The van der Waals surface area contributed by atoms with Gasteiger partial charge in [0.05, 0.1) is 11.5 Å². The number of rotatable bonds is 4. The van der Waals surface area contributed by atoms with Crippen molar-refractivity contribution in [3.63, 3.8) is 0 Å². The molecule has 104 valence electrons. The van der Waals surface area contributed by atoms with Crippen LogP contribution in [-0.4, -0.2) is 25.7 Å². The summed E-state index contributed by atoms with van der Waals surface area (Å²) in [5, 5.41) is 0.557. The molecule has 0 N–H and O–H groups in total. The minimum absolute atomic E-state index is 0.0216. The second kappa shape index (κ2) is 5.94. The molecular weight excluding hydrogens is 352 g/mol. The maximum absolute atomic E-state index is 12.0. The van der Waals surface area contributed by atoms with Gasteiger partial charge < -0.3 is 0 Å². The molecule has 1 atom stereocenters. The highest BCUT2D eigenvalue weighted by Crippen LogP contribution is 2.25. The third kappa shape index (κ3) is 4.29. The van der Waals surface area contributed by atoms with Gasteiger partial charge in [-0.15, -0.1) is 0 Å². The molecule has 1 aromatic rings. The SMILES string of the molecule is O=C(Cc1ccc(Br)cc1Cl)CC1CCS(=O)(=O)C1. The van der Waals surface area contributed by atoms with E-state index in [0.717, 1.165) is 10.0 Å². The van der Waals surface area contributed by atoms with Crippen LogP contribution < -0.4 is 0 Å². The first-order valence-electron chi connectivity index (χ1n) is 6.02. The van der Waals surface area contributed by atoms with Crippen molar-refractivity contribution < 1.29 is 13.2 Å². The molecule has 6 heteroatoms. The topological polar surface area (TPSA) is 51.2 Å². The average Bonchev–Trinajstić information content (AvgIpc) is 2.62. The van der Waals surface area contributed by atoms with E-state index >= 15 is 0 Å². The predicted octanol–water partition coefficient (Wildman–Crippen LogP) is 3.04. The number of sulfone groups is 1. The van der Waals surface area contributed by atoms with Crippen molar-refractivity contribution in [1.82, 2.24) is 0 Å². The largest absolute Gasteiger partial charge is 0.299 e. The number of ketones is 1. The second-order valence-electron chi connectivity index (χ2n) is 4.92. The lowest BCUT2D eigenvalue weighted by atomic mass is 9.98. The summed E-state index contributed by atoms with van der Waals surface area (Å²) in [6.07, 6.45) is 1.19. The quantitative estimate of drug-likeness (QED) is 0.824. The van der Waals surface area contributed by atoms with Crippen LogP contribution in [-0.2, 0) is 21.1 Å². The zero-order valence-corrected chi connectivity index (χ0v) is 13.4. The normalized spacial score (nSPS) is 21.5. The fourth-order valence-electron chi connectivity index (χ4n) is 2.30. The van der Waals surface area contributed by atoms with Gasteiger partial charge in [0.15, 0.2) is 9.84 Å². The van der Waals surface area contributed by atoms with Crippen molar-refractivity contribution in [3.8, 4) is 0 Å². The van der Waals surface area contributed by atoms with Gasteiger partial charge in [-0.3, -0.25) is 4.79 Å². The van der Waals surface area contributed by atoms with Crippen LogP contribution in [0.3, 0.4) is 0 Å². The first kappa shape index (κ1) is 15.0. The van der Waals surface area contributed by atoms with E-state index in [1.54, 1.807) is 6.07 Å². The van der Waals surface area contributed by atoms with Gasteiger partial charge in [0.1, 0.15) is 5.78 Å². The maximum Gasteiger partial charge on any atom is 0.150 e. The fourth-order valence-corrected chi connectivity index (χ4v) is 4.91. The molecule has 0 aliphatic carbocycles. The van der Waals surface area contributed by atoms with Crippen LogP contribution in [0.4, 0.5) is 0 Å². The number of hydrogen-bond donors (Lipinski definition) is 0. The van der Waals surface area contributed by atoms with Gasteiger partial charge >= 0.3 is 0 Å². The summed E-state index contributed by atoms with van der Waals surface area (Å²) in [5.74, 6) is 0.384. The summed E-state index contributed by atoms with van der Waals surface area (Å²) in [6, 6.07) is 5.41. The summed E-state index contributed by atoms with van der Waals surface area (Å²) < 4.78 is 23.5. The van der Waals surface area contributed by atoms with Crippen molar-refractivity contribution in [2.75, 3.05) is 11.5 Å². The fraction of sp³-hybridized carbons (Fsp3) is 0.462. The molecule has 0 amide bonds. The smallest absolute Gasteiger partial charge is 0.150 e. The van der Waals surface area contributed by atoms with Crippen LogP contribution >= 0.6 is 27.5 Å². The highest BCUT2D eigenvalue weighted by atomic mass is 79.9. The van der Waals surface area contributed by atoms with Crippen molar-refractivity contribution >= 4 is 43.2 Å². The van der Waals surface area contributed by atoms with E-state index in [0.29, 0.717) is 17.9 Å². The molecule has 19 heavy (non-hydrogen) atoms. The van der Waals surface area contributed by atoms with Crippen LogP contribution in [0.5, 0.6) is 0 Å². The molecule has 1 unspecified atom stereocenters. The lowest BCUT2D eigenvalue weighted by molar-refractivity contribution is -0.119. The lowest BCUT2D eigenvalue weighted by Crippen LogP contribution is -2.12. The molecule has 0 saturated carbocycles. The molecule has 0 aromatic heterocycles. The predicted molar refractivity (Wildman–Crippen MR) is 79.2 cm³/mol. The van der Waals surface area contributed by atoms with Crippen molar-refractivity contribution in [1.29, 1.82) is 0 Å². The van der Waals surface area contributed by atoms with Crippen LogP contribution in [0.2, 0.25) is 5.02 Å². The standard InChI is InChI=1S/C13H14BrClO3S/c14-11-2-1-10(13(15)7-11)6-12(16)5-9-3-4-19(17,18)8-9/h1-2,7,9H,3-6,8H2. The molecular formula is C13H14BrClO3S. The van der Waals surface area contributed by atoms with Crippen LogP contribution in [0.25, 0.3) is 0 Å². The van der Waals surface area contributed by atoms with Crippen LogP contribution in [0, 0.1) is 5.92 Å². The highest BCUT2D eigenvalue weighted by Gasteiger charge is 2.29. The van der Waals surface area contributed by atoms with E-state index < -0.39 is 9.84 Å². The number of hydrogen-bond acceptors (Lipinski definition) is 3. The van der Waals surface area contributed by atoms with Gasteiger partial charge in [0, 0.05) is 22.3 Å². The molecule has 1 heterocycles. The Morgan fingerprint density at radius 2 is 2.16 bits per heavy atom. The molecule has 1 aliphatic heterocycles. The zero-order valence-electron chi connectivity index (χ0n) is 10.2. The number of carbonyl (C=O) groups is 1. The van der Waals surface area contributed by atoms with Gasteiger partial charge in [-0.25, -0.2) is 8.42 Å². The van der Waals surface area contributed by atoms with E-state index in [2.05, 4.69) is 15.9 Å². The monoisotopic (exact) mass is 364 g/mol. The summed E-state index contributed by atoms with van der Waals surface area (Å²) in [5.41, 5.74) is 0.788. The molecule has 1 saturated heterocycles. The zero-order chi connectivity index (χ0) is 14.0. The Morgan fingerprint density at radius 3 is 2.74 bits per heavy atom. The van der Waals surface area contributed by atoms with E-state index in [1.807, 2.05) is 12.1 Å². The Balaban J connectivity index is 1.95. The van der Waals surface area contributed by atoms with E-state index in [9.17, 15) is 13.2 Å². The minimum atomic E-state index is -2.91. The lowest BCUT2D eigenvalue weighted by Gasteiger charge is -2.08. The number of halogens is 2. The van der Waals surface area contributed by atoms with E-state index in [-0.39, 0.29) is 29.6 Å². The van der Waals surface area contributed by atoms with Gasteiger partial charge in [0.2, 0.25) is 0 Å². The van der Waals surface area contributed by atoms with Crippen LogP contribution in [0.15, 0.2) is 22.7 Å². The Morgan fingerprint density at radius 1 is 1.42 bits per heavy atom. The third-order valence-corrected chi connectivity index (χ3v) is 5.93. The summed E-state index contributed by atoms with van der Waals surface area (Å²) in [6.45, 7) is 0. The first-order chi connectivity index (χ1) is 8.85. The van der Waals surface area contributed by atoms with Crippen molar-refractivity contribution in [2.24, 2.45) is 5.92 Å². The van der Waals surface area contributed by atoms with Crippen molar-refractivity contribution in [2.45, 2.75) is 19.3 Å². The Kier molecular flexibility index (Phi) is 4.69. The third-order valence-electron chi connectivity index (χ3n) is 3.25. The van der Waals surface area contributed by atoms with Gasteiger partial charge in [-0.1, -0.05) is 33.6 Å². The molecule has 1 fully saturated rings. The Hall–Kier alpha value is -0.390. The van der Waals surface area contributed by atoms with Crippen molar-refractivity contribution in [3.05, 3.63) is 33.3 Å². The summed E-state index contributed by atoms with van der Waals surface area (Å²) in [7, 11) is -2.91. The Labute approximate surface area is 126 Å². The number of Topliss-reactive ketones (excluding diaryl/α,β-unsaturated/α-hetero) is 1. The molecule has 1 aliphatic rings. The van der Waals surface area contributed by atoms with Gasteiger partial charge in [-0.05, 0) is 30.0 Å². The number of carbonyl (C=O) groups excluding carboxylic acids is 1. The molecule has 3 nitrogen and oxygen atoms in total. The molecule has 0 bridgehead atoms. The summed E-state index contributed by atoms with van der Waals surface area (Å²) in [4.78, 5) is 12.0. The maximum atomic E-state index is 12.0. The van der Waals surface area contributed by atoms with Gasteiger partial charge in [-0.2, -0.15) is 0 Å². The number of benzene rings is 1. The molecule has 0 radical (unpaired) electrons. The van der Waals surface area contributed by atoms with Gasteiger partial charge in [0.25, 0.3) is 0 Å². The molecule has 0 spiro atoms. The first-order valence-corrected chi connectivity index (χ1v) is 9.01. The van der Waals surface area contributed by atoms with E-state index in [4.69, 9.17) is 11.6 Å². The highest BCUT2D eigenvalue weighted by molar-refractivity contribution is 9.10. The minimum Gasteiger partial charge on any atom is -0.299 e. The Bertz CT molecular complexity index is 598. The molecule has 2 rings (SSSR count). The average molecular weight is 366 g/mol. The molecule has 1 aromatic carbocycles. The second-order valence-corrected chi connectivity index (χ2v) is 8.48. The van der Waals surface area contributed by atoms with E-state index in [1.165, 1.54) is 0 Å².